The number of rotatable bonds is 6. The van der Waals surface area contributed by atoms with Gasteiger partial charge in [0.1, 0.15) is 34.1 Å². The van der Waals surface area contributed by atoms with Crippen LogP contribution in [0.4, 0.5) is 11.8 Å². The molecule has 19 nitrogen and oxygen atoms in total. The quantitative estimate of drug-likeness (QED) is 0.0777. The Labute approximate surface area is 369 Å². The van der Waals surface area contributed by atoms with Crippen LogP contribution in [0.2, 0.25) is 15.1 Å². The zero-order valence-electron chi connectivity index (χ0n) is 31.1. The van der Waals surface area contributed by atoms with Crippen LogP contribution in [0.25, 0.3) is 22.5 Å². The number of carbonyl (C=O) groups excluding carboxylic acids is 3. The molecule has 0 saturated heterocycles. The Balaban J connectivity index is 0.000000294. The molecule has 0 aliphatic rings. The number of H-pyrrole nitrogens is 1. The monoisotopic (exact) mass is 875 g/mol. The van der Waals surface area contributed by atoms with Crippen molar-refractivity contribution in [3.05, 3.63) is 138 Å². The Kier molecular flexibility index (Phi) is 19.1. The average Bonchev–Trinajstić information content (AvgIpc) is 3.87. The van der Waals surface area contributed by atoms with E-state index in [1.54, 1.807) is 81.4 Å². The van der Waals surface area contributed by atoms with Gasteiger partial charge < -0.3 is 29.8 Å². The van der Waals surface area contributed by atoms with Gasteiger partial charge in [-0.1, -0.05) is 74.5 Å². The molecule has 0 spiro atoms. The molecular weight excluding hydrogens is 848 g/mol. The third-order valence-electron chi connectivity index (χ3n) is 7.33. The molecule has 23 heteroatoms. The average molecular weight is 877 g/mol. The zero-order chi connectivity index (χ0) is 41.8. The summed E-state index contributed by atoms with van der Waals surface area (Å²) in [5.41, 5.74) is 8.10. The SMILES string of the molecule is Cc1noc(NC(=O)c2cccc(Cl)c2)c1C#N.Cc1noc(NC(=O)c2cccc(Cl)c2)c1C(N)=O.Cc1noc2nc(-c3cccc(Cl)c3)[nH]c(=O)c12.OO.[Na+].[OH-]. The van der Waals surface area contributed by atoms with Crippen molar-refractivity contribution >= 4 is 75.4 Å². The van der Waals surface area contributed by atoms with Gasteiger partial charge in [-0.3, -0.25) is 40.3 Å². The predicted molar refractivity (Wildman–Crippen MR) is 209 cm³/mol. The molecule has 0 aliphatic heterocycles. The van der Waals surface area contributed by atoms with Crippen LogP contribution in [0, 0.1) is 32.1 Å². The van der Waals surface area contributed by atoms with Crippen molar-refractivity contribution in [3.63, 3.8) is 0 Å². The largest absolute Gasteiger partial charge is 1.00 e. The summed E-state index contributed by atoms with van der Waals surface area (Å²) in [4.78, 5) is 53.9. The minimum atomic E-state index is -0.722. The van der Waals surface area contributed by atoms with Crippen molar-refractivity contribution in [2.75, 3.05) is 10.6 Å². The number of benzene rings is 3. The van der Waals surface area contributed by atoms with E-state index >= 15 is 0 Å². The van der Waals surface area contributed by atoms with Crippen molar-refractivity contribution in [2.24, 2.45) is 5.73 Å². The summed E-state index contributed by atoms with van der Waals surface area (Å²) in [5.74, 6) is -1.23. The van der Waals surface area contributed by atoms with Gasteiger partial charge in [-0.05, 0) is 69.3 Å². The molecule has 0 fully saturated rings. The van der Waals surface area contributed by atoms with Gasteiger partial charge in [0, 0.05) is 31.8 Å². The molecule has 59 heavy (non-hydrogen) atoms. The standard InChI is InChI=1S/C12H10ClN3O3.2C12H8ClN3O2.Na.H2O2.H2O/c1-6-9(10(14)17)12(19-16-6)15-11(18)7-3-2-4-8(13)5-7;1-6-9-11(17)14-10(15-12(9)18-16-6)7-3-2-4-8(13)5-7;1-7-10(6-14)12(18-16-7)15-11(17)8-3-2-4-9(13)5-8;;1-2;/h2-5H,1H3,(H2,14,17)(H,15,18);2-5H,1H3,(H,14,15,17);2-5H,1H3,(H,15,17);;1-2H;1H2/q;;;+1;;/p-1. The Morgan fingerprint density at radius 3 is 1.78 bits per heavy atom. The number of carbonyl (C=O) groups is 3. The molecule has 0 saturated carbocycles. The second-order valence-electron chi connectivity index (χ2n) is 11.2. The van der Waals surface area contributed by atoms with Crippen LogP contribution in [0.1, 0.15) is 53.7 Å². The maximum absolute atomic E-state index is 11.9. The van der Waals surface area contributed by atoms with Crippen LogP contribution in [-0.4, -0.2) is 59.2 Å². The molecule has 3 aromatic carbocycles. The van der Waals surface area contributed by atoms with Gasteiger partial charge in [0.2, 0.25) is 11.8 Å². The minimum Gasteiger partial charge on any atom is -0.870 e. The number of halogens is 3. The first-order valence-corrected chi connectivity index (χ1v) is 17.0. The molecule has 0 atom stereocenters. The number of nitriles is 1. The fraction of sp³-hybridized carbons (Fsp3) is 0.0833. The van der Waals surface area contributed by atoms with Crippen LogP contribution in [0.3, 0.4) is 0 Å². The molecule has 4 heterocycles. The number of anilines is 2. The molecule has 0 unspecified atom stereocenters. The molecular formula is C36H29Cl3N9NaO10. The normalized spacial score (nSPS) is 9.75. The molecule has 300 valence electrons. The van der Waals surface area contributed by atoms with E-state index in [1.165, 1.54) is 12.1 Å². The maximum atomic E-state index is 11.9. The Hall–Kier alpha value is -5.92. The molecule has 7 aromatic rings. The first-order valence-electron chi connectivity index (χ1n) is 15.8. The van der Waals surface area contributed by atoms with Gasteiger partial charge in [-0.15, -0.1) is 0 Å². The summed E-state index contributed by atoms with van der Waals surface area (Å²) in [6.45, 7) is 4.87. The number of primary amides is 1. The molecule has 4 aromatic heterocycles. The summed E-state index contributed by atoms with van der Waals surface area (Å²) < 4.78 is 14.7. The third-order valence-corrected chi connectivity index (χ3v) is 8.03. The smallest absolute Gasteiger partial charge is 0.870 e. The number of hydrogen-bond acceptors (Lipinski definition) is 15. The predicted octanol–water partition coefficient (Wildman–Crippen LogP) is 4.13. The summed E-state index contributed by atoms with van der Waals surface area (Å²) in [7, 11) is 0. The molecule has 8 N–H and O–H groups in total. The van der Waals surface area contributed by atoms with E-state index in [9.17, 15) is 19.2 Å². The number of hydrogen-bond donors (Lipinski definition) is 6. The second-order valence-corrected chi connectivity index (χ2v) is 12.5. The third kappa shape index (κ3) is 12.8. The van der Waals surface area contributed by atoms with E-state index in [-0.39, 0.29) is 69.2 Å². The number of nitrogens with two attached hydrogens (primary N) is 1. The first-order chi connectivity index (χ1) is 27.2. The zero-order valence-corrected chi connectivity index (χ0v) is 35.3. The van der Waals surface area contributed by atoms with Gasteiger partial charge in [-0.25, -0.2) is 0 Å². The number of fused-ring (bicyclic) bond motifs is 1. The fourth-order valence-electron chi connectivity index (χ4n) is 4.71. The number of aromatic amines is 1. The molecule has 7 rings (SSSR count). The van der Waals surface area contributed by atoms with Crippen LogP contribution in [0.15, 0.2) is 91.2 Å². The van der Waals surface area contributed by atoms with Crippen molar-refractivity contribution in [1.29, 1.82) is 5.26 Å². The maximum Gasteiger partial charge on any atom is 1.00 e. The van der Waals surface area contributed by atoms with E-state index in [0.717, 1.165) is 5.56 Å². The van der Waals surface area contributed by atoms with Crippen molar-refractivity contribution in [2.45, 2.75) is 20.8 Å². The van der Waals surface area contributed by atoms with Gasteiger partial charge >= 0.3 is 29.6 Å². The van der Waals surface area contributed by atoms with Crippen molar-refractivity contribution in [1.82, 2.24) is 25.4 Å². The summed E-state index contributed by atoms with van der Waals surface area (Å²) >= 11 is 17.5. The van der Waals surface area contributed by atoms with Crippen molar-refractivity contribution < 1.29 is 73.5 Å². The summed E-state index contributed by atoms with van der Waals surface area (Å²) in [6, 6.07) is 21.8. The van der Waals surface area contributed by atoms with E-state index in [2.05, 4.69) is 36.1 Å². The van der Waals surface area contributed by atoms with Crippen LogP contribution in [0.5, 0.6) is 0 Å². The van der Waals surface area contributed by atoms with E-state index in [1.807, 2.05) is 6.07 Å². The van der Waals surface area contributed by atoms with E-state index in [0.29, 0.717) is 54.5 Å². The summed E-state index contributed by atoms with van der Waals surface area (Å²) in [6.07, 6.45) is 0. The van der Waals surface area contributed by atoms with Gasteiger partial charge in [0.05, 0.1) is 11.4 Å². The van der Waals surface area contributed by atoms with Crippen molar-refractivity contribution in [3.8, 4) is 17.5 Å². The van der Waals surface area contributed by atoms with Gasteiger partial charge in [0.25, 0.3) is 29.0 Å². The second kappa shape index (κ2) is 22.9. The van der Waals surface area contributed by atoms with Crippen LogP contribution < -0.4 is 51.5 Å². The Morgan fingerprint density at radius 2 is 1.25 bits per heavy atom. The fourth-order valence-corrected chi connectivity index (χ4v) is 5.28. The molecule has 0 radical (unpaired) electrons. The van der Waals surface area contributed by atoms with Gasteiger partial charge in [-0.2, -0.15) is 10.2 Å². The number of nitrogens with zero attached hydrogens (tertiary/aromatic N) is 5. The van der Waals surface area contributed by atoms with E-state index < -0.39 is 17.7 Å². The van der Waals surface area contributed by atoms with Crippen LogP contribution in [-0.2, 0) is 0 Å². The Morgan fingerprint density at radius 1 is 0.763 bits per heavy atom. The van der Waals surface area contributed by atoms with Crippen LogP contribution >= 0.6 is 34.8 Å². The summed E-state index contributed by atoms with van der Waals surface area (Å²) in [5, 5.41) is 38.6. The number of aromatic nitrogens is 5. The number of nitrogens with one attached hydrogen (secondary N) is 3. The molecule has 3 amide bonds. The number of aryl methyl sites for hydroxylation is 3. The molecule has 0 bridgehead atoms. The number of amides is 3. The minimum absolute atomic E-state index is 0. The molecule has 0 aliphatic carbocycles. The Bertz CT molecular complexity index is 2670. The van der Waals surface area contributed by atoms with E-state index in [4.69, 9.17) is 69.9 Å². The van der Waals surface area contributed by atoms with Gasteiger partial charge in [0.15, 0.2) is 0 Å². The first kappa shape index (κ1) is 49.2. The topological polar surface area (TPSA) is 319 Å².